The maximum Gasteiger partial charge on any atom is 0.271 e. The Kier molecular flexibility index (Phi) is 4.67. The number of nitro benzene ring substituents is 1. The van der Waals surface area contributed by atoms with Gasteiger partial charge in [0.05, 0.1) is 27.1 Å². The summed E-state index contributed by atoms with van der Waals surface area (Å²) in [6, 6.07) is 2.11. The molecule has 0 bridgehead atoms. The standard InChI is InChI=1S/C12H12Cl2N2O5/c13-9-4-7(16(19)20)3-8(10(9)14)11(17)15-5-12(18)1-2-21-6-12/h3-4,18H,1-2,5-6H2,(H,15,17). The van der Waals surface area contributed by atoms with Crippen molar-refractivity contribution < 1.29 is 19.6 Å². The molecule has 1 saturated heterocycles. The molecule has 1 heterocycles. The molecule has 0 aliphatic carbocycles. The van der Waals surface area contributed by atoms with Crippen LogP contribution in [0.5, 0.6) is 0 Å². The Balaban J connectivity index is 2.16. The number of rotatable bonds is 4. The van der Waals surface area contributed by atoms with Gasteiger partial charge in [0, 0.05) is 31.7 Å². The zero-order chi connectivity index (χ0) is 15.6. The van der Waals surface area contributed by atoms with Crippen LogP contribution in [0.2, 0.25) is 10.0 Å². The molecule has 1 amide bonds. The predicted molar refractivity (Wildman–Crippen MR) is 75.8 cm³/mol. The molecule has 2 rings (SSSR count). The number of nitro groups is 1. The first kappa shape index (κ1) is 16.0. The van der Waals surface area contributed by atoms with Gasteiger partial charge in [0.1, 0.15) is 5.60 Å². The van der Waals surface area contributed by atoms with Crippen LogP contribution in [0.4, 0.5) is 5.69 Å². The number of halogens is 2. The molecule has 2 N–H and O–H groups in total. The molecule has 1 aliphatic heterocycles. The van der Waals surface area contributed by atoms with E-state index in [2.05, 4.69) is 5.32 Å². The number of nitrogens with zero attached hydrogens (tertiary/aromatic N) is 1. The largest absolute Gasteiger partial charge is 0.386 e. The Morgan fingerprint density at radius 3 is 2.81 bits per heavy atom. The SMILES string of the molecule is O=C(NCC1(O)CCOC1)c1cc([N+](=O)[O-])cc(Cl)c1Cl. The van der Waals surface area contributed by atoms with E-state index in [1.807, 2.05) is 0 Å². The third-order valence-corrected chi connectivity index (χ3v) is 3.93. The Bertz CT molecular complexity index is 587. The second-order valence-electron chi connectivity index (χ2n) is 4.76. The van der Waals surface area contributed by atoms with Crippen molar-refractivity contribution >= 4 is 34.8 Å². The van der Waals surface area contributed by atoms with Gasteiger partial charge in [0.15, 0.2) is 0 Å². The van der Waals surface area contributed by atoms with Crippen LogP contribution in [-0.2, 0) is 4.74 Å². The van der Waals surface area contributed by atoms with Gasteiger partial charge in [-0.1, -0.05) is 23.2 Å². The van der Waals surface area contributed by atoms with Crippen molar-refractivity contribution in [2.45, 2.75) is 12.0 Å². The summed E-state index contributed by atoms with van der Waals surface area (Å²) in [4.78, 5) is 22.2. The number of benzene rings is 1. The van der Waals surface area contributed by atoms with Crippen molar-refractivity contribution in [1.82, 2.24) is 5.32 Å². The van der Waals surface area contributed by atoms with E-state index in [1.165, 1.54) is 0 Å². The summed E-state index contributed by atoms with van der Waals surface area (Å²) in [5.74, 6) is -0.647. The monoisotopic (exact) mass is 334 g/mol. The van der Waals surface area contributed by atoms with Gasteiger partial charge in [0.2, 0.25) is 0 Å². The van der Waals surface area contributed by atoms with Crippen molar-refractivity contribution in [2.75, 3.05) is 19.8 Å². The van der Waals surface area contributed by atoms with Crippen molar-refractivity contribution in [3.63, 3.8) is 0 Å². The van der Waals surface area contributed by atoms with E-state index in [4.69, 9.17) is 27.9 Å². The highest BCUT2D eigenvalue weighted by molar-refractivity contribution is 6.44. The van der Waals surface area contributed by atoms with E-state index in [0.29, 0.717) is 13.0 Å². The topological polar surface area (TPSA) is 102 Å². The summed E-state index contributed by atoms with van der Waals surface area (Å²) in [6.45, 7) is 0.495. The lowest BCUT2D eigenvalue weighted by Crippen LogP contribution is -2.43. The molecule has 0 saturated carbocycles. The van der Waals surface area contributed by atoms with Gasteiger partial charge in [-0.05, 0) is 0 Å². The minimum Gasteiger partial charge on any atom is -0.386 e. The maximum atomic E-state index is 12.1. The van der Waals surface area contributed by atoms with E-state index >= 15 is 0 Å². The number of carbonyl (C=O) groups is 1. The van der Waals surface area contributed by atoms with Crippen LogP contribution < -0.4 is 5.32 Å². The number of amides is 1. The van der Waals surface area contributed by atoms with Crippen LogP contribution in [0, 0.1) is 10.1 Å². The smallest absolute Gasteiger partial charge is 0.271 e. The summed E-state index contributed by atoms with van der Waals surface area (Å²) in [5.41, 5.74) is -1.58. The Morgan fingerprint density at radius 2 is 2.24 bits per heavy atom. The Morgan fingerprint density at radius 1 is 1.52 bits per heavy atom. The molecule has 0 radical (unpaired) electrons. The Labute approximate surface area is 129 Å². The van der Waals surface area contributed by atoms with Crippen LogP contribution in [0.25, 0.3) is 0 Å². The lowest BCUT2D eigenvalue weighted by Gasteiger charge is -2.20. The lowest BCUT2D eigenvalue weighted by molar-refractivity contribution is -0.384. The minimum absolute atomic E-state index is 0.0392. The second-order valence-corrected chi connectivity index (χ2v) is 5.54. The first-order valence-corrected chi connectivity index (χ1v) is 6.80. The van der Waals surface area contributed by atoms with Gasteiger partial charge >= 0.3 is 0 Å². The maximum absolute atomic E-state index is 12.1. The van der Waals surface area contributed by atoms with Crippen LogP contribution in [0.1, 0.15) is 16.8 Å². The highest BCUT2D eigenvalue weighted by Gasteiger charge is 2.33. The zero-order valence-electron chi connectivity index (χ0n) is 10.8. The number of hydrogen-bond acceptors (Lipinski definition) is 5. The zero-order valence-corrected chi connectivity index (χ0v) is 12.3. The van der Waals surface area contributed by atoms with E-state index in [9.17, 15) is 20.0 Å². The molecule has 114 valence electrons. The number of nitrogens with one attached hydrogen (secondary N) is 1. The fourth-order valence-corrected chi connectivity index (χ4v) is 2.33. The molecule has 1 aliphatic rings. The quantitative estimate of drug-likeness (QED) is 0.645. The highest BCUT2D eigenvalue weighted by atomic mass is 35.5. The van der Waals surface area contributed by atoms with E-state index in [-0.39, 0.29) is 34.4 Å². The van der Waals surface area contributed by atoms with Gasteiger partial charge in [-0.15, -0.1) is 0 Å². The van der Waals surface area contributed by atoms with Crippen LogP contribution in [-0.4, -0.2) is 41.3 Å². The highest BCUT2D eigenvalue weighted by Crippen LogP contribution is 2.31. The third-order valence-electron chi connectivity index (χ3n) is 3.13. The number of aliphatic hydroxyl groups is 1. The van der Waals surface area contributed by atoms with Gasteiger partial charge in [-0.3, -0.25) is 14.9 Å². The van der Waals surface area contributed by atoms with Gasteiger partial charge < -0.3 is 15.2 Å². The van der Waals surface area contributed by atoms with Crippen molar-refractivity contribution in [2.24, 2.45) is 0 Å². The molecule has 1 aromatic rings. The lowest BCUT2D eigenvalue weighted by atomic mass is 10.0. The summed E-state index contributed by atoms with van der Waals surface area (Å²) in [7, 11) is 0. The van der Waals surface area contributed by atoms with Crippen LogP contribution in [0.3, 0.4) is 0 Å². The minimum atomic E-state index is -1.13. The molecule has 1 unspecified atom stereocenters. The number of ether oxygens (including phenoxy) is 1. The fourth-order valence-electron chi connectivity index (χ4n) is 1.92. The molecule has 0 spiro atoms. The van der Waals surface area contributed by atoms with Crippen molar-refractivity contribution in [3.8, 4) is 0 Å². The summed E-state index contributed by atoms with van der Waals surface area (Å²) in [5, 5.41) is 23.1. The molecular weight excluding hydrogens is 323 g/mol. The van der Waals surface area contributed by atoms with Crippen LogP contribution >= 0.6 is 23.2 Å². The average Bonchev–Trinajstić information content (AvgIpc) is 2.86. The molecule has 21 heavy (non-hydrogen) atoms. The summed E-state index contributed by atoms with van der Waals surface area (Å²) in [6.07, 6.45) is 0.400. The number of non-ortho nitro benzene ring substituents is 1. The molecular formula is C12H12Cl2N2O5. The fraction of sp³-hybridized carbons (Fsp3) is 0.417. The average molecular weight is 335 g/mol. The summed E-state index contributed by atoms with van der Waals surface area (Å²) < 4.78 is 5.05. The van der Waals surface area contributed by atoms with E-state index in [0.717, 1.165) is 12.1 Å². The van der Waals surface area contributed by atoms with E-state index in [1.54, 1.807) is 0 Å². The van der Waals surface area contributed by atoms with Gasteiger partial charge in [-0.2, -0.15) is 0 Å². The van der Waals surface area contributed by atoms with E-state index < -0.39 is 16.4 Å². The first-order chi connectivity index (χ1) is 9.82. The molecule has 7 nitrogen and oxygen atoms in total. The van der Waals surface area contributed by atoms with Crippen molar-refractivity contribution in [1.29, 1.82) is 0 Å². The summed E-state index contributed by atoms with van der Waals surface area (Å²) >= 11 is 11.7. The molecule has 1 aromatic carbocycles. The van der Waals surface area contributed by atoms with Crippen LogP contribution in [0.15, 0.2) is 12.1 Å². The third kappa shape index (κ3) is 3.62. The Hall–Kier alpha value is -1.41. The number of hydrogen-bond donors (Lipinski definition) is 2. The first-order valence-electron chi connectivity index (χ1n) is 6.04. The molecule has 1 fully saturated rings. The predicted octanol–water partition coefficient (Wildman–Crippen LogP) is 1.78. The second kappa shape index (κ2) is 6.15. The van der Waals surface area contributed by atoms with Crippen molar-refractivity contribution in [3.05, 3.63) is 37.9 Å². The van der Waals surface area contributed by atoms with Gasteiger partial charge in [0.25, 0.3) is 11.6 Å². The molecule has 0 aromatic heterocycles. The normalized spacial score (nSPS) is 21.3. The number of carbonyl (C=O) groups excluding carboxylic acids is 1. The molecule has 1 atom stereocenters. The molecule has 9 heteroatoms. The van der Waals surface area contributed by atoms with Gasteiger partial charge in [-0.25, -0.2) is 0 Å².